The first-order valence-corrected chi connectivity index (χ1v) is 4.67. The monoisotopic (exact) mass is 178 g/mol. The van der Waals surface area contributed by atoms with Crippen LogP contribution in [0.5, 0.6) is 0 Å². The Labute approximate surface area is 61.6 Å². The van der Waals surface area contributed by atoms with Gasteiger partial charge in [0.1, 0.15) is 13.2 Å². The van der Waals surface area contributed by atoms with Crippen molar-refractivity contribution in [3.05, 3.63) is 0 Å². The van der Waals surface area contributed by atoms with Gasteiger partial charge in [0, 0.05) is 13.8 Å². The lowest BCUT2D eigenvalue weighted by molar-refractivity contribution is -0.0178. The molecule has 0 aromatic rings. The van der Waals surface area contributed by atoms with E-state index in [2.05, 4.69) is 4.74 Å². The van der Waals surface area contributed by atoms with Gasteiger partial charge in [-0.1, -0.05) is 0 Å². The molecule has 1 N–H and O–H groups in total. The average Bonchev–Trinajstić information content (AvgIpc) is 1.63. The van der Waals surface area contributed by atoms with Gasteiger partial charge in [0.2, 0.25) is 0 Å². The number of rotatable bonds is 2. The maximum Gasteiger partial charge on any atom is 1.04 e. The molecule has 0 radical (unpaired) electrons. The zero-order valence-electron chi connectivity index (χ0n) is 5.95. The average molecular weight is 178 g/mol. The molecule has 0 saturated heterocycles. The SMILES string of the molecule is CC[OH+]CC.[F][Al-]([F])([F])[F]. The van der Waals surface area contributed by atoms with Crippen LogP contribution in [-0.2, 0) is 0 Å². The first-order chi connectivity index (χ1) is 4.41. The van der Waals surface area contributed by atoms with Crippen molar-refractivity contribution in [1.29, 1.82) is 0 Å². The Balaban J connectivity index is 0. The molecule has 0 rings (SSSR count). The zero-order valence-corrected chi connectivity index (χ0v) is 7.11. The van der Waals surface area contributed by atoms with Crippen molar-refractivity contribution in [2.45, 2.75) is 13.8 Å². The Morgan fingerprint density at radius 1 is 1.00 bits per heavy atom. The van der Waals surface area contributed by atoms with Gasteiger partial charge in [0.05, 0.1) is 0 Å². The van der Waals surface area contributed by atoms with E-state index >= 15 is 0 Å². The second kappa shape index (κ2) is 7.32. The van der Waals surface area contributed by atoms with Crippen LogP contribution in [0.4, 0.5) is 14.1 Å². The molecule has 10 heavy (non-hydrogen) atoms. The molecule has 6 heteroatoms. The largest absolute Gasteiger partial charge is 1.04 e. The molecule has 1 nitrogen and oxygen atoms in total. The molecule has 0 unspecified atom stereocenters. The third-order valence-electron chi connectivity index (χ3n) is 0.447. The Morgan fingerprint density at radius 3 is 1.20 bits per heavy atom. The highest BCUT2D eigenvalue weighted by Gasteiger charge is 2.41. The van der Waals surface area contributed by atoms with Crippen LogP contribution >= 0.6 is 0 Å². The minimum Gasteiger partial charge on any atom is -0.510 e. The number of ether oxygens (including phenoxy) is 1. The number of halogens is 4. The summed E-state index contributed by atoms with van der Waals surface area (Å²) in [7, 11) is 0. The van der Waals surface area contributed by atoms with Gasteiger partial charge in [-0.25, -0.2) is 0 Å². The molecular weight excluding hydrogens is 167 g/mol. The molecule has 0 spiro atoms. The van der Waals surface area contributed by atoms with Crippen LogP contribution in [0.15, 0.2) is 0 Å². The molecule has 0 heterocycles. The summed E-state index contributed by atoms with van der Waals surface area (Å²) in [5.41, 5.74) is 0. The van der Waals surface area contributed by atoms with Crippen LogP contribution in [0.1, 0.15) is 13.8 Å². The van der Waals surface area contributed by atoms with E-state index in [1.807, 2.05) is 13.8 Å². The van der Waals surface area contributed by atoms with Crippen molar-refractivity contribution in [2.24, 2.45) is 0 Å². The Kier molecular flexibility index (Phi) is 9.41. The normalized spacial score (nSPS) is 10.2. The second-order valence-electron chi connectivity index (χ2n) is 1.35. The smallest absolute Gasteiger partial charge is 0.510 e. The Morgan fingerprint density at radius 2 is 1.20 bits per heavy atom. The zero-order chi connectivity index (χ0) is 8.62. The lowest BCUT2D eigenvalue weighted by Crippen LogP contribution is -2.02. The molecule has 0 aliphatic rings. The van der Waals surface area contributed by atoms with Gasteiger partial charge in [-0.2, -0.15) is 0 Å². The highest BCUT2D eigenvalue weighted by molar-refractivity contribution is 6.50. The van der Waals surface area contributed by atoms with Crippen molar-refractivity contribution >= 4 is 14.9 Å². The van der Waals surface area contributed by atoms with E-state index < -0.39 is 14.9 Å². The highest BCUT2D eigenvalue weighted by atomic mass is 27.5. The quantitative estimate of drug-likeness (QED) is 0.347. The Hall–Kier alpha value is 0.212. The predicted molar refractivity (Wildman–Crippen MR) is 33.5 cm³/mol. The topological polar surface area (TPSA) is 12.8 Å². The minimum atomic E-state index is -6.83. The molecule has 0 atom stereocenters. The summed E-state index contributed by atoms with van der Waals surface area (Å²) < 4.78 is 43.4. The third-order valence-corrected chi connectivity index (χ3v) is 0.447. The van der Waals surface area contributed by atoms with Crippen LogP contribution in [-0.4, -0.2) is 32.9 Å². The maximum atomic E-state index is 9.85. The highest BCUT2D eigenvalue weighted by Crippen LogP contribution is 2.06. The van der Waals surface area contributed by atoms with Crippen LogP contribution in [0, 0.1) is 0 Å². The molecule has 0 aromatic carbocycles. The van der Waals surface area contributed by atoms with Gasteiger partial charge in [-0.15, -0.1) is 0 Å². The number of aliphatic hydroxyl groups is 2. The molecule has 0 fully saturated rings. The van der Waals surface area contributed by atoms with Gasteiger partial charge in [-0.05, 0) is 0 Å². The van der Waals surface area contributed by atoms with Crippen LogP contribution < -0.4 is 0 Å². The van der Waals surface area contributed by atoms with Crippen molar-refractivity contribution in [3.63, 3.8) is 0 Å². The molecule has 64 valence electrons. The first kappa shape index (κ1) is 12.9. The van der Waals surface area contributed by atoms with Crippen molar-refractivity contribution in [1.82, 2.24) is 0 Å². The van der Waals surface area contributed by atoms with Gasteiger partial charge >= 0.3 is 14.9 Å². The lowest BCUT2D eigenvalue weighted by Gasteiger charge is -1.88. The van der Waals surface area contributed by atoms with Crippen molar-refractivity contribution < 1.29 is 18.8 Å². The van der Waals surface area contributed by atoms with Gasteiger partial charge in [0.15, 0.2) is 0 Å². The molecule has 0 saturated carbocycles. The van der Waals surface area contributed by atoms with E-state index in [0.717, 1.165) is 13.2 Å². The maximum absolute atomic E-state index is 9.85. The summed E-state index contributed by atoms with van der Waals surface area (Å²) in [5, 5.41) is 0. The van der Waals surface area contributed by atoms with Crippen molar-refractivity contribution in [2.75, 3.05) is 13.2 Å². The predicted octanol–water partition coefficient (Wildman–Crippen LogP) is 1.85. The molecule has 0 aromatic heterocycles. The molecular formula is C4H11AlF4O. The Bertz CT molecular complexity index is 56.8. The molecule has 0 aliphatic heterocycles. The van der Waals surface area contributed by atoms with Crippen LogP contribution in [0.25, 0.3) is 0 Å². The van der Waals surface area contributed by atoms with E-state index in [-0.39, 0.29) is 0 Å². The number of hydrogen-bond acceptors (Lipinski definition) is 0. The van der Waals surface area contributed by atoms with Crippen LogP contribution in [0.2, 0.25) is 0 Å². The van der Waals surface area contributed by atoms with Crippen molar-refractivity contribution in [3.8, 4) is 0 Å². The van der Waals surface area contributed by atoms with Crippen LogP contribution in [0.3, 0.4) is 0 Å². The van der Waals surface area contributed by atoms with Gasteiger partial charge < -0.3 is 18.8 Å². The van der Waals surface area contributed by atoms with E-state index in [0.29, 0.717) is 0 Å². The van der Waals surface area contributed by atoms with E-state index in [1.54, 1.807) is 0 Å². The summed E-state index contributed by atoms with van der Waals surface area (Å²) in [4.78, 5) is 0. The summed E-state index contributed by atoms with van der Waals surface area (Å²) in [6.45, 7) is 6.03. The molecule has 0 aliphatic carbocycles. The fraction of sp³-hybridized carbons (Fsp3) is 1.00. The first-order valence-electron chi connectivity index (χ1n) is 2.92. The summed E-state index contributed by atoms with van der Waals surface area (Å²) in [6.07, 6.45) is 0. The van der Waals surface area contributed by atoms with E-state index in [1.165, 1.54) is 0 Å². The third kappa shape index (κ3) is 87.3. The summed E-state index contributed by atoms with van der Waals surface area (Å²) in [5.74, 6) is 0. The standard InChI is InChI=1S/C4H10O.Al.4FH/c1-3-5-4-2;;;;;/h3-4H2,1-2H3;;4*1H/q;+3;;;;/p-3. The fourth-order valence-electron chi connectivity index (χ4n) is 0.224. The van der Waals surface area contributed by atoms with Gasteiger partial charge in [0.25, 0.3) is 0 Å². The summed E-state index contributed by atoms with van der Waals surface area (Å²) >= 11 is -6.83. The molecule has 0 amide bonds. The second-order valence-corrected chi connectivity index (χ2v) is 2.34. The van der Waals surface area contributed by atoms with Gasteiger partial charge in [-0.3, -0.25) is 0 Å². The summed E-state index contributed by atoms with van der Waals surface area (Å²) in [6, 6.07) is 0. The van der Waals surface area contributed by atoms with E-state index in [4.69, 9.17) is 0 Å². The fourth-order valence-corrected chi connectivity index (χ4v) is 0.224. The van der Waals surface area contributed by atoms with E-state index in [9.17, 15) is 14.1 Å². The number of hydrogen-bond donors (Lipinski definition) is 0. The lowest BCUT2D eigenvalue weighted by atomic mass is 10.8. The minimum absolute atomic E-state index is 0.969. The molecule has 0 bridgehead atoms.